The van der Waals surface area contributed by atoms with Gasteiger partial charge in [0.1, 0.15) is 11.6 Å². The van der Waals surface area contributed by atoms with E-state index in [0.717, 1.165) is 66.9 Å². The van der Waals surface area contributed by atoms with Gasteiger partial charge in [0.15, 0.2) is 5.11 Å². The van der Waals surface area contributed by atoms with Crippen LogP contribution in [0.1, 0.15) is 63.0 Å². The van der Waals surface area contributed by atoms with Gasteiger partial charge in [0.05, 0.1) is 25.1 Å². The highest BCUT2D eigenvalue weighted by molar-refractivity contribution is 7.94. The number of hydrogen-bond acceptors (Lipinski definition) is 8. The van der Waals surface area contributed by atoms with Crippen molar-refractivity contribution in [2.24, 2.45) is 20.0 Å². The standard InChI is InChI=1S/C27H42N8O2S2/c1-33-19-16-29-25(33)21-35(22-26-30-17-20-34(26)2)18-10-8-6-4-3-5-7-9-15-31-27(38)32-23-11-13-24(14-12-23)39-37-36-28/h11-14,16-17,19-20H,3-10,15,18,21-22,28H2,1-2H3,(H2,31,32,38). The number of anilines is 1. The van der Waals surface area contributed by atoms with E-state index in [0.29, 0.717) is 5.11 Å². The van der Waals surface area contributed by atoms with Gasteiger partial charge in [0.25, 0.3) is 0 Å². The van der Waals surface area contributed by atoms with Crippen molar-refractivity contribution in [3.05, 3.63) is 60.7 Å². The van der Waals surface area contributed by atoms with Crippen LogP contribution in [0.25, 0.3) is 0 Å². The van der Waals surface area contributed by atoms with Crippen LogP contribution in [-0.4, -0.2) is 42.2 Å². The fourth-order valence-corrected chi connectivity index (χ4v) is 4.85. The topological polar surface area (TPSA) is 107 Å². The maximum atomic E-state index is 5.39. The molecule has 0 aliphatic heterocycles. The second-order valence-corrected chi connectivity index (χ2v) is 10.8. The van der Waals surface area contributed by atoms with Gasteiger partial charge in [-0.25, -0.2) is 9.97 Å². The van der Waals surface area contributed by atoms with Crippen molar-refractivity contribution in [3.63, 3.8) is 0 Å². The molecule has 0 aliphatic rings. The summed E-state index contributed by atoms with van der Waals surface area (Å²) in [6, 6.07) is 7.65. The first-order valence-electron chi connectivity index (χ1n) is 13.5. The first kappa shape index (κ1) is 31.1. The Morgan fingerprint density at radius 1 is 0.897 bits per heavy atom. The van der Waals surface area contributed by atoms with Crippen molar-refractivity contribution >= 4 is 35.1 Å². The second-order valence-electron chi connectivity index (χ2n) is 9.60. The number of imidazole rings is 2. The van der Waals surface area contributed by atoms with E-state index in [-0.39, 0.29) is 0 Å². The third-order valence-corrected chi connectivity index (χ3v) is 7.40. The lowest BCUT2D eigenvalue weighted by atomic mass is 10.1. The number of nitrogens with one attached hydrogen (secondary N) is 2. The van der Waals surface area contributed by atoms with Crippen molar-refractivity contribution in [2.45, 2.75) is 69.4 Å². The Morgan fingerprint density at radius 2 is 1.46 bits per heavy atom. The van der Waals surface area contributed by atoms with Crippen LogP contribution >= 0.6 is 24.3 Å². The van der Waals surface area contributed by atoms with Crippen LogP contribution in [0.15, 0.2) is 53.9 Å². The lowest BCUT2D eigenvalue weighted by molar-refractivity contribution is -0.195. The lowest BCUT2D eigenvalue weighted by Gasteiger charge is -2.21. The molecule has 1 aromatic carbocycles. The van der Waals surface area contributed by atoms with Gasteiger partial charge in [0.2, 0.25) is 0 Å². The molecule has 0 amide bonds. The molecule has 0 bridgehead atoms. The van der Waals surface area contributed by atoms with Gasteiger partial charge in [-0.05, 0) is 55.9 Å². The third-order valence-electron chi connectivity index (χ3n) is 6.54. The number of nitrogens with zero attached hydrogens (tertiary/aromatic N) is 5. The van der Waals surface area contributed by atoms with E-state index in [2.05, 4.69) is 58.1 Å². The predicted molar refractivity (Wildman–Crippen MR) is 160 cm³/mol. The maximum Gasteiger partial charge on any atom is 0.170 e. The van der Waals surface area contributed by atoms with E-state index in [4.69, 9.17) is 18.1 Å². The SMILES string of the molecule is Cn1ccnc1CN(CCCCCCCCCCNC(=S)Nc1ccc(SOON)cc1)Cc1nccn1C. The molecule has 10 nitrogen and oxygen atoms in total. The highest BCUT2D eigenvalue weighted by Gasteiger charge is 2.12. The van der Waals surface area contributed by atoms with E-state index in [1.807, 2.05) is 49.1 Å². The minimum atomic E-state index is 0.636. The molecule has 0 unspecified atom stereocenters. The van der Waals surface area contributed by atoms with Gasteiger partial charge in [-0.3, -0.25) is 4.90 Å². The fraction of sp³-hybridized carbons (Fsp3) is 0.519. The molecule has 0 radical (unpaired) electrons. The number of nitrogens with two attached hydrogens (primary N) is 1. The Bertz CT molecular complexity index is 1050. The summed E-state index contributed by atoms with van der Waals surface area (Å²) in [6.07, 6.45) is 17.7. The third kappa shape index (κ3) is 12.1. The van der Waals surface area contributed by atoms with Gasteiger partial charge >= 0.3 is 0 Å². The average Bonchev–Trinajstić information content (AvgIpc) is 3.53. The molecule has 2 aromatic heterocycles. The quantitative estimate of drug-likeness (QED) is 0.0589. The van der Waals surface area contributed by atoms with Crippen molar-refractivity contribution in [1.29, 1.82) is 0 Å². The number of hydrogen-bond donors (Lipinski definition) is 3. The summed E-state index contributed by atoms with van der Waals surface area (Å²) in [4.78, 5) is 16.5. The van der Waals surface area contributed by atoms with E-state index in [1.165, 1.54) is 44.9 Å². The van der Waals surface area contributed by atoms with Crippen LogP contribution in [0.2, 0.25) is 0 Å². The largest absolute Gasteiger partial charge is 0.362 e. The van der Waals surface area contributed by atoms with E-state index < -0.39 is 0 Å². The van der Waals surface area contributed by atoms with Crippen LogP contribution < -0.4 is 16.5 Å². The van der Waals surface area contributed by atoms with Gasteiger partial charge in [-0.15, -0.1) is 9.32 Å². The summed E-state index contributed by atoms with van der Waals surface area (Å²) in [7, 11) is 4.11. The van der Waals surface area contributed by atoms with Crippen LogP contribution in [0, 0.1) is 0 Å². The molecule has 0 aliphatic carbocycles. The smallest absolute Gasteiger partial charge is 0.170 e. The number of aryl methyl sites for hydroxylation is 2. The van der Waals surface area contributed by atoms with Crippen LogP contribution in [0.5, 0.6) is 0 Å². The van der Waals surface area contributed by atoms with Gasteiger partial charge in [0, 0.05) is 56.0 Å². The lowest BCUT2D eigenvalue weighted by Crippen LogP contribution is -2.29. The number of unbranched alkanes of at least 4 members (excludes halogenated alkanes) is 7. The first-order chi connectivity index (χ1) is 19.0. The molecule has 12 heteroatoms. The average molecular weight is 575 g/mol. The molecule has 0 saturated heterocycles. The Hall–Kier alpha value is -2.48. The Morgan fingerprint density at radius 3 is 2.00 bits per heavy atom. The number of aromatic nitrogens is 4. The second kappa shape index (κ2) is 18.0. The van der Waals surface area contributed by atoms with Crippen LogP contribution in [0.3, 0.4) is 0 Å². The van der Waals surface area contributed by atoms with Gasteiger partial charge in [-0.2, -0.15) is 5.90 Å². The van der Waals surface area contributed by atoms with Crippen molar-refractivity contribution in [3.8, 4) is 0 Å². The summed E-state index contributed by atoms with van der Waals surface area (Å²) >= 11 is 6.44. The maximum absolute atomic E-state index is 5.39. The van der Waals surface area contributed by atoms with E-state index in [9.17, 15) is 0 Å². The highest BCUT2D eigenvalue weighted by atomic mass is 32.2. The Balaban J connectivity index is 1.20. The molecule has 2 heterocycles. The molecule has 0 atom stereocenters. The van der Waals surface area contributed by atoms with E-state index in [1.54, 1.807) is 0 Å². The molecule has 0 fully saturated rings. The number of rotatable bonds is 19. The molecule has 214 valence electrons. The molecule has 4 N–H and O–H groups in total. The zero-order valence-corrected chi connectivity index (χ0v) is 24.7. The molecule has 39 heavy (non-hydrogen) atoms. The number of thiocarbonyl (C=S) groups is 1. The fourth-order valence-electron chi connectivity index (χ4n) is 4.26. The van der Waals surface area contributed by atoms with Crippen LogP contribution in [0.4, 0.5) is 5.69 Å². The predicted octanol–water partition coefficient (Wildman–Crippen LogP) is 5.09. The number of benzene rings is 1. The van der Waals surface area contributed by atoms with Gasteiger partial charge < -0.3 is 19.8 Å². The molecule has 3 aromatic rings. The molecule has 0 saturated carbocycles. The minimum Gasteiger partial charge on any atom is -0.362 e. The van der Waals surface area contributed by atoms with Crippen LogP contribution in [-0.2, 0) is 36.5 Å². The summed E-state index contributed by atoms with van der Waals surface area (Å²) in [6.45, 7) is 3.62. The summed E-state index contributed by atoms with van der Waals surface area (Å²) in [5.74, 6) is 7.03. The zero-order valence-electron chi connectivity index (χ0n) is 23.1. The first-order valence-corrected chi connectivity index (χ1v) is 14.7. The minimum absolute atomic E-state index is 0.636. The van der Waals surface area contributed by atoms with E-state index >= 15 is 0 Å². The summed E-state index contributed by atoms with van der Waals surface area (Å²) < 4.78 is 8.83. The summed E-state index contributed by atoms with van der Waals surface area (Å²) in [5, 5.41) is 7.12. The monoisotopic (exact) mass is 574 g/mol. The molecule has 0 spiro atoms. The van der Waals surface area contributed by atoms with Crippen molar-refractivity contribution in [1.82, 2.24) is 29.3 Å². The molecule has 3 rings (SSSR count). The summed E-state index contributed by atoms with van der Waals surface area (Å²) in [5.41, 5.74) is 0.918. The molecular formula is C27H42N8O2S2. The van der Waals surface area contributed by atoms with Crippen molar-refractivity contribution < 1.29 is 9.32 Å². The molecular weight excluding hydrogens is 532 g/mol. The zero-order chi connectivity index (χ0) is 27.7. The normalized spacial score (nSPS) is 11.3. The van der Waals surface area contributed by atoms with Gasteiger partial charge in [-0.1, -0.05) is 38.5 Å². The van der Waals surface area contributed by atoms with Crippen molar-refractivity contribution in [2.75, 3.05) is 18.4 Å². The Labute approximate surface area is 241 Å². The Kier molecular flexibility index (Phi) is 14.3. The highest BCUT2D eigenvalue weighted by Crippen LogP contribution is 2.21.